The first-order valence-electron chi connectivity index (χ1n) is 4.55. The molecule has 3 unspecified atom stereocenters. The van der Waals surface area contributed by atoms with Crippen molar-refractivity contribution in [1.82, 2.24) is 0 Å². The van der Waals surface area contributed by atoms with E-state index in [0.717, 1.165) is 24.7 Å². The van der Waals surface area contributed by atoms with E-state index in [2.05, 4.69) is 0 Å². The molecule has 3 atom stereocenters. The molecule has 3 nitrogen and oxygen atoms in total. The zero-order valence-corrected chi connectivity index (χ0v) is 7.89. The third-order valence-corrected chi connectivity index (χ3v) is 4.05. The van der Waals surface area contributed by atoms with Crippen LogP contribution in [-0.4, -0.2) is 14.2 Å². The van der Waals surface area contributed by atoms with Crippen LogP contribution in [-0.2, 0) is 10.0 Å². The Morgan fingerprint density at radius 3 is 2.50 bits per heavy atom. The van der Waals surface area contributed by atoms with E-state index in [1.165, 1.54) is 12.8 Å². The van der Waals surface area contributed by atoms with Gasteiger partial charge in [0.2, 0.25) is 10.0 Å². The molecule has 2 N–H and O–H groups in total. The quantitative estimate of drug-likeness (QED) is 0.695. The van der Waals surface area contributed by atoms with Crippen LogP contribution in [0.2, 0.25) is 0 Å². The first kappa shape index (κ1) is 8.51. The van der Waals surface area contributed by atoms with Crippen molar-refractivity contribution in [1.29, 1.82) is 0 Å². The lowest BCUT2D eigenvalue weighted by Gasteiger charge is -2.19. The summed E-state index contributed by atoms with van der Waals surface area (Å²) in [6.45, 7) is 0. The second-order valence-electron chi connectivity index (χ2n) is 4.26. The molecule has 0 saturated heterocycles. The lowest BCUT2D eigenvalue weighted by Crippen LogP contribution is -2.25. The van der Waals surface area contributed by atoms with Gasteiger partial charge in [0.1, 0.15) is 0 Å². The number of primary sulfonamides is 1. The topological polar surface area (TPSA) is 60.2 Å². The molecule has 0 spiro atoms. The van der Waals surface area contributed by atoms with E-state index in [-0.39, 0.29) is 5.75 Å². The molecule has 0 bridgehead atoms. The average molecular weight is 189 g/mol. The highest BCUT2D eigenvalue weighted by atomic mass is 32.2. The average Bonchev–Trinajstić information content (AvgIpc) is 2.61. The van der Waals surface area contributed by atoms with Crippen LogP contribution < -0.4 is 5.14 Å². The molecule has 4 heteroatoms. The van der Waals surface area contributed by atoms with E-state index in [4.69, 9.17) is 5.14 Å². The first-order valence-corrected chi connectivity index (χ1v) is 6.26. The third kappa shape index (κ3) is 1.98. The van der Waals surface area contributed by atoms with Crippen molar-refractivity contribution in [2.75, 3.05) is 5.75 Å². The van der Waals surface area contributed by atoms with E-state index in [9.17, 15) is 8.42 Å². The molecule has 2 rings (SSSR count). The maximum absolute atomic E-state index is 10.8. The molecule has 2 fully saturated rings. The van der Waals surface area contributed by atoms with Gasteiger partial charge in [-0.1, -0.05) is 0 Å². The fraction of sp³-hybridized carbons (Fsp3) is 1.00. The number of nitrogens with two attached hydrogens (primary N) is 1. The number of hydrogen-bond donors (Lipinski definition) is 1. The lowest BCUT2D eigenvalue weighted by molar-refractivity contribution is 0.368. The molecule has 2 saturated carbocycles. The van der Waals surface area contributed by atoms with Crippen LogP contribution in [0.1, 0.15) is 25.7 Å². The maximum atomic E-state index is 10.8. The van der Waals surface area contributed by atoms with Gasteiger partial charge in [-0.3, -0.25) is 0 Å². The summed E-state index contributed by atoms with van der Waals surface area (Å²) < 4.78 is 21.6. The standard InChI is InChI=1S/C8H15NO2S/c9-12(10,11)5-6-1-2-7-4-8(7)3-6/h6-8H,1-5H2,(H2,9,10,11). The number of rotatable bonds is 2. The van der Waals surface area contributed by atoms with Crippen LogP contribution in [0.3, 0.4) is 0 Å². The van der Waals surface area contributed by atoms with Gasteiger partial charge in [0.05, 0.1) is 5.75 Å². The monoisotopic (exact) mass is 189 g/mol. The Labute approximate surface area is 73.4 Å². The Balaban J connectivity index is 1.89. The van der Waals surface area contributed by atoms with Crippen molar-refractivity contribution in [2.45, 2.75) is 25.7 Å². The van der Waals surface area contributed by atoms with Gasteiger partial charge in [0.25, 0.3) is 0 Å². The summed E-state index contributed by atoms with van der Waals surface area (Å²) in [6, 6.07) is 0. The number of fused-ring (bicyclic) bond motifs is 1. The van der Waals surface area contributed by atoms with E-state index in [1.54, 1.807) is 0 Å². The highest BCUT2D eigenvalue weighted by molar-refractivity contribution is 7.89. The third-order valence-electron chi connectivity index (χ3n) is 3.12. The summed E-state index contributed by atoms with van der Waals surface area (Å²) in [4.78, 5) is 0. The Bertz CT molecular complexity index is 273. The summed E-state index contributed by atoms with van der Waals surface area (Å²) in [5.74, 6) is 2.33. The lowest BCUT2D eigenvalue weighted by atomic mass is 9.91. The smallest absolute Gasteiger partial charge is 0.209 e. The SMILES string of the molecule is NS(=O)(=O)CC1CCC2CC2C1. The minimum atomic E-state index is -3.23. The van der Waals surface area contributed by atoms with E-state index in [1.807, 2.05) is 0 Å². The van der Waals surface area contributed by atoms with Gasteiger partial charge in [-0.05, 0) is 43.4 Å². The van der Waals surface area contributed by atoms with Crippen LogP contribution in [0.5, 0.6) is 0 Å². The van der Waals surface area contributed by atoms with Gasteiger partial charge in [0.15, 0.2) is 0 Å². The van der Waals surface area contributed by atoms with Crippen molar-refractivity contribution < 1.29 is 8.42 Å². The number of sulfonamides is 1. The molecule has 2 aliphatic rings. The first-order chi connectivity index (χ1) is 5.54. The normalized spacial score (nSPS) is 40.6. The van der Waals surface area contributed by atoms with Crippen LogP contribution in [0.4, 0.5) is 0 Å². The zero-order valence-electron chi connectivity index (χ0n) is 7.07. The molecule has 0 amide bonds. The van der Waals surface area contributed by atoms with Gasteiger partial charge in [0, 0.05) is 0 Å². The zero-order chi connectivity index (χ0) is 8.77. The molecule has 0 aliphatic heterocycles. The van der Waals surface area contributed by atoms with Gasteiger partial charge in [-0.15, -0.1) is 0 Å². The van der Waals surface area contributed by atoms with Gasteiger partial charge in [-0.25, -0.2) is 13.6 Å². The minimum Gasteiger partial charge on any atom is -0.229 e. The van der Waals surface area contributed by atoms with Crippen molar-refractivity contribution >= 4 is 10.0 Å². The molecule has 12 heavy (non-hydrogen) atoms. The molecule has 0 heterocycles. The molecule has 70 valence electrons. The molecule has 2 aliphatic carbocycles. The van der Waals surface area contributed by atoms with E-state index >= 15 is 0 Å². The summed E-state index contributed by atoms with van der Waals surface area (Å²) in [6.07, 6.45) is 4.73. The molecular formula is C8H15NO2S. The van der Waals surface area contributed by atoms with Crippen molar-refractivity contribution in [3.63, 3.8) is 0 Å². The Kier molecular flexibility index (Phi) is 1.92. The van der Waals surface area contributed by atoms with Gasteiger partial charge >= 0.3 is 0 Å². The molecular weight excluding hydrogens is 174 g/mol. The molecule has 0 aromatic rings. The largest absolute Gasteiger partial charge is 0.229 e. The number of hydrogen-bond acceptors (Lipinski definition) is 2. The fourth-order valence-corrected chi connectivity index (χ4v) is 3.39. The maximum Gasteiger partial charge on any atom is 0.209 e. The highest BCUT2D eigenvalue weighted by Crippen LogP contribution is 2.51. The fourth-order valence-electron chi connectivity index (χ4n) is 2.43. The summed E-state index contributed by atoms with van der Waals surface area (Å²) >= 11 is 0. The molecule has 0 radical (unpaired) electrons. The van der Waals surface area contributed by atoms with Gasteiger partial charge in [-0.2, -0.15) is 0 Å². The van der Waals surface area contributed by atoms with Crippen molar-refractivity contribution in [2.24, 2.45) is 22.9 Å². The highest BCUT2D eigenvalue weighted by Gasteiger charge is 2.42. The summed E-state index contributed by atoms with van der Waals surface area (Å²) in [5.41, 5.74) is 0. The van der Waals surface area contributed by atoms with Crippen molar-refractivity contribution in [3.8, 4) is 0 Å². The molecule has 0 aromatic heterocycles. The van der Waals surface area contributed by atoms with Crippen LogP contribution >= 0.6 is 0 Å². The second-order valence-corrected chi connectivity index (χ2v) is 5.92. The van der Waals surface area contributed by atoms with Crippen LogP contribution in [0.25, 0.3) is 0 Å². The Hall–Kier alpha value is -0.0900. The predicted octanol–water partition coefficient (Wildman–Crippen LogP) is 0.711. The predicted molar refractivity (Wildman–Crippen MR) is 46.9 cm³/mol. The van der Waals surface area contributed by atoms with Gasteiger partial charge < -0.3 is 0 Å². The van der Waals surface area contributed by atoms with Crippen LogP contribution in [0.15, 0.2) is 0 Å². The van der Waals surface area contributed by atoms with E-state index in [0.29, 0.717) is 5.92 Å². The second kappa shape index (κ2) is 2.70. The summed E-state index contributed by atoms with van der Waals surface area (Å²) in [7, 11) is -3.23. The Morgan fingerprint density at radius 1 is 1.17 bits per heavy atom. The van der Waals surface area contributed by atoms with E-state index < -0.39 is 10.0 Å². The Morgan fingerprint density at radius 2 is 1.92 bits per heavy atom. The summed E-state index contributed by atoms with van der Waals surface area (Å²) in [5, 5.41) is 5.00. The van der Waals surface area contributed by atoms with Crippen molar-refractivity contribution in [3.05, 3.63) is 0 Å². The minimum absolute atomic E-state index is 0.205. The van der Waals surface area contributed by atoms with Crippen LogP contribution in [0, 0.1) is 17.8 Å². The molecule has 0 aromatic carbocycles.